The Kier molecular flexibility index (Phi) is 7.10. The van der Waals surface area contributed by atoms with Crippen LogP contribution in [0.2, 0.25) is 0 Å². The van der Waals surface area contributed by atoms with Crippen molar-refractivity contribution in [2.75, 3.05) is 39.4 Å². The minimum Gasteiger partial charge on any atom is -0.381 e. The normalized spacial score (nSPS) is 22.1. The highest BCUT2D eigenvalue weighted by Gasteiger charge is 2.33. The van der Waals surface area contributed by atoms with Crippen LogP contribution >= 0.6 is 0 Å². The molecule has 1 fully saturated rings. The lowest BCUT2D eigenvalue weighted by Gasteiger charge is -2.30. The van der Waals surface area contributed by atoms with E-state index < -0.39 is 12.7 Å². The Hall–Kier alpha value is -0.330. The fourth-order valence-corrected chi connectivity index (χ4v) is 2.42. The number of rotatable bonds is 8. The molecule has 0 bridgehead atoms. The Morgan fingerprint density at radius 2 is 2.11 bits per heavy atom. The van der Waals surface area contributed by atoms with Gasteiger partial charge in [0, 0.05) is 25.1 Å². The average Bonchev–Trinajstić information content (AvgIpc) is 2.85. The molecule has 0 aromatic heterocycles. The van der Waals surface area contributed by atoms with E-state index in [0.717, 1.165) is 26.0 Å². The molecule has 2 unspecified atom stereocenters. The standard InChI is InChI=1S/C13H25F3N2O/c1-3-6-17-12(11-5-7-19-9-11)8-18(4-2)10-13(14,15)16/h11-12,17H,3-10H2,1-2H3. The Bertz CT molecular complexity index is 243. The SMILES string of the molecule is CCCNC(CN(CC)CC(F)(F)F)C1CCOC1. The van der Waals surface area contributed by atoms with E-state index in [-0.39, 0.29) is 6.04 Å². The van der Waals surface area contributed by atoms with Crippen molar-refractivity contribution >= 4 is 0 Å². The van der Waals surface area contributed by atoms with Crippen LogP contribution in [-0.2, 0) is 4.74 Å². The predicted octanol–water partition coefficient (Wildman–Crippen LogP) is 2.28. The van der Waals surface area contributed by atoms with Gasteiger partial charge in [0.25, 0.3) is 0 Å². The number of nitrogens with one attached hydrogen (secondary N) is 1. The minimum absolute atomic E-state index is 0.0877. The maximum absolute atomic E-state index is 12.5. The van der Waals surface area contributed by atoms with E-state index in [1.54, 1.807) is 6.92 Å². The summed E-state index contributed by atoms with van der Waals surface area (Å²) in [5, 5.41) is 3.37. The topological polar surface area (TPSA) is 24.5 Å². The van der Waals surface area contributed by atoms with Crippen LogP contribution < -0.4 is 5.32 Å². The molecule has 6 heteroatoms. The Morgan fingerprint density at radius 3 is 2.58 bits per heavy atom. The molecule has 1 heterocycles. The highest BCUT2D eigenvalue weighted by Crippen LogP contribution is 2.20. The van der Waals surface area contributed by atoms with Crippen molar-refractivity contribution in [1.29, 1.82) is 0 Å². The lowest BCUT2D eigenvalue weighted by Crippen LogP contribution is -2.48. The predicted molar refractivity (Wildman–Crippen MR) is 69.2 cm³/mol. The van der Waals surface area contributed by atoms with Crippen LogP contribution in [0.1, 0.15) is 26.7 Å². The largest absolute Gasteiger partial charge is 0.401 e. The van der Waals surface area contributed by atoms with Crippen LogP contribution in [0.4, 0.5) is 13.2 Å². The molecule has 1 rings (SSSR count). The summed E-state index contributed by atoms with van der Waals surface area (Å²) in [6.45, 7) is 6.06. The molecule has 114 valence electrons. The zero-order chi connectivity index (χ0) is 14.3. The van der Waals surface area contributed by atoms with Gasteiger partial charge >= 0.3 is 6.18 Å². The molecule has 0 spiro atoms. The van der Waals surface area contributed by atoms with Crippen LogP contribution in [0.25, 0.3) is 0 Å². The van der Waals surface area contributed by atoms with E-state index in [1.807, 2.05) is 0 Å². The van der Waals surface area contributed by atoms with Gasteiger partial charge < -0.3 is 10.1 Å². The van der Waals surface area contributed by atoms with Gasteiger partial charge in [0.1, 0.15) is 0 Å². The van der Waals surface area contributed by atoms with Gasteiger partial charge in [-0.25, -0.2) is 0 Å². The van der Waals surface area contributed by atoms with Crippen LogP contribution in [-0.4, -0.2) is 56.5 Å². The molecule has 2 atom stereocenters. The first kappa shape index (κ1) is 16.7. The van der Waals surface area contributed by atoms with Crippen molar-refractivity contribution in [3.8, 4) is 0 Å². The number of alkyl halides is 3. The second kappa shape index (κ2) is 8.07. The van der Waals surface area contributed by atoms with Gasteiger partial charge in [0.05, 0.1) is 13.2 Å². The van der Waals surface area contributed by atoms with E-state index in [4.69, 9.17) is 4.74 Å². The number of halogens is 3. The maximum Gasteiger partial charge on any atom is 0.401 e. The van der Waals surface area contributed by atoms with Gasteiger partial charge in [-0.15, -0.1) is 0 Å². The zero-order valence-electron chi connectivity index (χ0n) is 11.8. The molecule has 1 saturated heterocycles. The van der Waals surface area contributed by atoms with Crippen molar-refractivity contribution in [1.82, 2.24) is 10.2 Å². The summed E-state index contributed by atoms with van der Waals surface area (Å²) in [5.41, 5.74) is 0. The molecule has 1 aliphatic heterocycles. The molecular weight excluding hydrogens is 257 g/mol. The lowest BCUT2D eigenvalue weighted by molar-refractivity contribution is -0.146. The van der Waals surface area contributed by atoms with Crippen LogP contribution in [0.5, 0.6) is 0 Å². The number of ether oxygens (including phenoxy) is 1. The maximum atomic E-state index is 12.5. The van der Waals surface area contributed by atoms with Crippen LogP contribution in [0, 0.1) is 5.92 Å². The number of hydrogen-bond donors (Lipinski definition) is 1. The molecule has 0 aromatic carbocycles. The third-order valence-electron chi connectivity index (χ3n) is 3.50. The smallest absolute Gasteiger partial charge is 0.381 e. The van der Waals surface area contributed by atoms with Crippen molar-refractivity contribution in [2.24, 2.45) is 5.92 Å². The summed E-state index contributed by atoms with van der Waals surface area (Å²) in [6, 6.07) is 0.0877. The number of likely N-dealkylation sites (N-methyl/N-ethyl adjacent to an activating group) is 1. The number of nitrogens with zero attached hydrogens (tertiary/aromatic N) is 1. The van der Waals surface area contributed by atoms with Gasteiger partial charge in [0.15, 0.2) is 0 Å². The molecule has 0 radical (unpaired) electrons. The Balaban J connectivity index is 2.52. The second-order valence-electron chi connectivity index (χ2n) is 5.13. The minimum atomic E-state index is -4.13. The Morgan fingerprint density at radius 1 is 1.37 bits per heavy atom. The van der Waals surface area contributed by atoms with Crippen molar-refractivity contribution in [3.63, 3.8) is 0 Å². The number of hydrogen-bond acceptors (Lipinski definition) is 3. The van der Waals surface area contributed by atoms with Crippen LogP contribution in [0.15, 0.2) is 0 Å². The summed E-state index contributed by atoms with van der Waals surface area (Å²) in [4.78, 5) is 1.46. The highest BCUT2D eigenvalue weighted by molar-refractivity contribution is 4.82. The molecule has 19 heavy (non-hydrogen) atoms. The first-order valence-corrected chi connectivity index (χ1v) is 7.06. The van der Waals surface area contributed by atoms with E-state index in [1.165, 1.54) is 4.90 Å². The van der Waals surface area contributed by atoms with E-state index in [0.29, 0.717) is 25.6 Å². The molecule has 1 aliphatic rings. The highest BCUT2D eigenvalue weighted by atomic mass is 19.4. The lowest BCUT2D eigenvalue weighted by atomic mass is 9.98. The quantitative estimate of drug-likeness (QED) is 0.739. The van der Waals surface area contributed by atoms with Gasteiger partial charge in [0.2, 0.25) is 0 Å². The molecule has 1 N–H and O–H groups in total. The first-order valence-electron chi connectivity index (χ1n) is 7.06. The van der Waals surface area contributed by atoms with Gasteiger partial charge in [-0.05, 0) is 25.9 Å². The Labute approximate surface area is 113 Å². The van der Waals surface area contributed by atoms with Crippen LogP contribution in [0.3, 0.4) is 0 Å². The molecular formula is C13H25F3N2O. The molecule has 0 amide bonds. The summed E-state index contributed by atoms with van der Waals surface area (Å²) in [5.74, 6) is 0.328. The van der Waals surface area contributed by atoms with E-state index in [2.05, 4.69) is 12.2 Å². The van der Waals surface area contributed by atoms with Crippen molar-refractivity contribution in [2.45, 2.75) is 38.9 Å². The first-order chi connectivity index (χ1) is 8.96. The fourth-order valence-electron chi connectivity index (χ4n) is 2.42. The summed E-state index contributed by atoms with van der Waals surface area (Å²) < 4.78 is 42.8. The van der Waals surface area contributed by atoms with Gasteiger partial charge in [-0.2, -0.15) is 13.2 Å². The molecule has 3 nitrogen and oxygen atoms in total. The van der Waals surface area contributed by atoms with E-state index in [9.17, 15) is 13.2 Å². The molecule has 0 saturated carbocycles. The summed E-state index contributed by atoms with van der Waals surface area (Å²) >= 11 is 0. The second-order valence-corrected chi connectivity index (χ2v) is 5.13. The van der Waals surface area contributed by atoms with Crippen molar-refractivity contribution < 1.29 is 17.9 Å². The summed E-state index contributed by atoms with van der Waals surface area (Å²) in [6.07, 6.45) is -2.21. The average molecular weight is 282 g/mol. The fraction of sp³-hybridized carbons (Fsp3) is 1.00. The van der Waals surface area contributed by atoms with Gasteiger partial charge in [-0.3, -0.25) is 4.90 Å². The zero-order valence-corrected chi connectivity index (χ0v) is 11.8. The molecule has 0 aliphatic carbocycles. The third kappa shape index (κ3) is 6.58. The third-order valence-corrected chi connectivity index (χ3v) is 3.50. The van der Waals surface area contributed by atoms with E-state index >= 15 is 0 Å². The molecule has 0 aromatic rings. The van der Waals surface area contributed by atoms with Crippen molar-refractivity contribution in [3.05, 3.63) is 0 Å². The summed E-state index contributed by atoms with van der Waals surface area (Å²) in [7, 11) is 0. The van der Waals surface area contributed by atoms with Gasteiger partial charge in [-0.1, -0.05) is 13.8 Å². The monoisotopic (exact) mass is 282 g/mol.